The van der Waals surface area contributed by atoms with Gasteiger partial charge < -0.3 is 9.84 Å². The minimum Gasteiger partial charge on any atom is -0.507 e. The molecular weight excluding hydrogens is 637 g/mol. The van der Waals surface area contributed by atoms with Crippen molar-refractivity contribution < 1.29 is 9.84 Å². The number of benzene rings is 5. The lowest BCUT2D eigenvalue weighted by molar-refractivity contribution is 0.326. The van der Waals surface area contributed by atoms with Gasteiger partial charge in [0, 0.05) is 17.8 Å². The summed E-state index contributed by atoms with van der Waals surface area (Å²) in [5.74, 6) is 2.51. The van der Waals surface area contributed by atoms with E-state index in [4.69, 9.17) is 9.84 Å². The summed E-state index contributed by atoms with van der Waals surface area (Å²) in [7, 11) is 0. The molecule has 52 heavy (non-hydrogen) atoms. The number of phenols is 1. The van der Waals surface area contributed by atoms with Gasteiger partial charge in [0.05, 0.1) is 11.9 Å². The smallest absolute Gasteiger partial charge is 0.130 e. The predicted molar refractivity (Wildman–Crippen MR) is 213 cm³/mol. The largest absolute Gasteiger partial charge is 0.507 e. The van der Waals surface area contributed by atoms with Gasteiger partial charge in [-0.3, -0.25) is 0 Å². The SMILES string of the molecule is CC(C)c1cccc(C(C)C)c1-c1cc(Oc2cccc(-c3c(O)ccc4c3CC3(Cc5ccccc5C3)C4)c2)cc(-n2cc(C(C)(C)C)cn2)c1. The Bertz CT molecular complexity index is 2250. The van der Waals surface area contributed by atoms with Gasteiger partial charge in [-0.15, -0.1) is 0 Å². The number of aromatic nitrogens is 2. The van der Waals surface area contributed by atoms with E-state index in [0.29, 0.717) is 17.6 Å². The van der Waals surface area contributed by atoms with E-state index in [1.54, 1.807) is 0 Å². The molecule has 0 aliphatic heterocycles. The third-order valence-electron chi connectivity index (χ3n) is 11.4. The second-order valence-corrected chi connectivity index (χ2v) is 17.0. The van der Waals surface area contributed by atoms with Gasteiger partial charge in [0.25, 0.3) is 0 Å². The van der Waals surface area contributed by atoms with Crippen LogP contribution in [0.3, 0.4) is 0 Å². The Kier molecular flexibility index (Phi) is 8.40. The number of hydrogen-bond donors (Lipinski definition) is 1. The third-order valence-corrected chi connectivity index (χ3v) is 11.4. The zero-order chi connectivity index (χ0) is 36.4. The molecule has 0 fully saturated rings. The summed E-state index contributed by atoms with van der Waals surface area (Å²) in [6.45, 7) is 15.7. The summed E-state index contributed by atoms with van der Waals surface area (Å²) in [5.41, 5.74) is 14.8. The van der Waals surface area contributed by atoms with Crippen LogP contribution < -0.4 is 4.74 Å². The van der Waals surface area contributed by atoms with Gasteiger partial charge in [-0.05, 0) is 134 Å². The first-order valence-corrected chi connectivity index (χ1v) is 18.9. The summed E-state index contributed by atoms with van der Waals surface area (Å²) in [5, 5.41) is 16.2. The molecule has 0 saturated carbocycles. The lowest BCUT2D eigenvalue weighted by Crippen LogP contribution is -2.21. The van der Waals surface area contributed by atoms with Crippen LogP contribution in [-0.2, 0) is 31.1 Å². The van der Waals surface area contributed by atoms with E-state index in [2.05, 4.69) is 134 Å². The number of phenolic OH excluding ortho intramolecular Hbond substituents is 1. The van der Waals surface area contributed by atoms with Gasteiger partial charge in [-0.25, -0.2) is 4.68 Å². The quantitative estimate of drug-likeness (QED) is 0.182. The number of fused-ring (bicyclic) bond motifs is 2. The zero-order valence-electron chi connectivity index (χ0n) is 31.6. The van der Waals surface area contributed by atoms with Crippen molar-refractivity contribution in [2.45, 2.75) is 91.4 Å². The molecule has 0 amide bonds. The minimum absolute atomic E-state index is 0.0186. The molecule has 4 nitrogen and oxygen atoms in total. The predicted octanol–water partition coefficient (Wildman–Crippen LogP) is 12.1. The monoisotopic (exact) mass is 686 g/mol. The molecule has 1 heterocycles. The number of hydrogen-bond acceptors (Lipinski definition) is 3. The van der Waals surface area contributed by atoms with E-state index in [9.17, 15) is 5.11 Å². The van der Waals surface area contributed by atoms with Crippen molar-refractivity contribution in [1.29, 1.82) is 0 Å². The Balaban J connectivity index is 1.19. The Morgan fingerprint density at radius 2 is 1.33 bits per heavy atom. The van der Waals surface area contributed by atoms with E-state index < -0.39 is 0 Å². The van der Waals surface area contributed by atoms with Crippen LogP contribution in [0.5, 0.6) is 17.2 Å². The average Bonchev–Trinajstić information content (AvgIpc) is 3.84. The lowest BCUT2D eigenvalue weighted by Gasteiger charge is -2.22. The van der Waals surface area contributed by atoms with Crippen LogP contribution in [0.15, 0.2) is 109 Å². The first-order chi connectivity index (χ1) is 24.9. The molecule has 4 heteroatoms. The molecule has 1 spiro atoms. The van der Waals surface area contributed by atoms with Crippen molar-refractivity contribution in [3.63, 3.8) is 0 Å². The standard InChI is InChI=1S/C48H50N2O2/c1-30(2)41-16-11-17-42(31(3)4)45(41)36-20-38(50-29-37(28-49-50)47(5,6)7)23-40(22-36)52-39-15-10-14-32(21-39)46-43-27-48(26-35(43)18-19-44(46)51)24-33-12-8-9-13-34(33)25-48/h8-23,28-31,51H,24-27H2,1-7H3. The zero-order valence-corrected chi connectivity index (χ0v) is 31.6. The lowest BCUT2D eigenvalue weighted by atomic mass is 9.81. The molecule has 0 saturated heterocycles. The molecule has 0 bridgehead atoms. The van der Waals surface area contributed by atoms with Crippen LogP contribution in [-0.4, -0.2) is 14.9 Å². The molecule has 8 rings (SSSR count). The molecule has 0 radical (unpaired) electrons. The summed E-state index contributed by atoms with van der Waals surface area (Å²) < 4.78 is 8.79. The van der Waals surface area contributed by atoms with Crippen molar-refractivity contribution in [2.75, 3.05) is 0 Å². The fourth-order valence-corrected chi connectivity index (χ4v) is 8.74. The maximum absolute atomic E-state index is 11.4. The maximum atomic E-state index is 11.4. The molecule has 6 aromatic rings. The van der Waals surface area contributed by atoms with Gasteiger partial charge >= 0.3 is 0 Å². The molecule has 1 N–H and O–H groups in total. The molecule has 2 aliphatic carbocycles. The second-order valence-electron chi connectivity index (χ2n) is 17.0. The Hall–Kier alpha value is -5.09. The molecule has 2 aliphatic rings. The first kappa shape index (κ1) is 34.0. The van der Waals surface area contributed by atoms with E-state index >= 15 is 0 Å². The van der Waals surface area contributed by atoms with E-state index in [1.807, 2.05) is 29.1 Å². The van der Waals surface area contributed by atoms with E-state index in [1.165, 1.54) is 44.5 Å². The molecule has 0 unspecified atom stereocenters. The number of rotatable bonds is 7. The van der Waals surface area contributed by atoms with Crippen LogP contribution in [0.1, 0.15) is 99.2 Å². The number of nitrogens with zero attached hydrogens (tertiary/aromatic N) is 2. The Labute approximate surface area is 309 Å². The molecular formula is C48H50N2O2. The minimum atomic E-state index is -0.0186. The van der Waals surface area contributed by atoms with Gasteiger partial charge in [-0.1, -0.05) is 109 Å². The summed E-state index contributed by atoms with van der Waals surface area (Å²) in [4.78, 5) is 0. The van der Waals surface area contributed by atoms with E-state index in [0.717, 1.165) is 59.6 Å². The summed E-state index contributed by atoms with van der Waals surface area (Å²) in [6, 6.07) is 34.4. The topological polar surface area (TPSA) is 47.3 Å². The fraction of sp³-hybridized carbons (Fsp3) is 0.312. The molecule has 1 aromatic heterocycles. The van der Waals surface area contributed by atoms with Crippen LogP contribution in [0.25, 0.3) is 27.9 Å². The maximum Gasteiger partial charge on any atom is 0.130 e. The van der Waals surface area contributed by atoms with Crippen molar-refractivity contribution in [3.8, 4) is 45.2 Å². The van der Waals surface area contributed by atoms with Crippen LogP contribution in [0, 0.1) is 5.41 Å². The van der Waals surface area contributed by atoms with Gasteiger partial charge in [0.15, 0.2) is 0 Å². The number of ether oxygens (including phenoxy) is 1. The molecule has 264 valence electrons. The highest BCUT2D eigenvalue weighted by Crippen LogP contribution is 2.51. The highest BCUT2D eigenvalue weighted by Gasteiger charge is 2.43. The van der Waals surface area contributed by atoms with Gasteiger partial charge in [0.1, 0.15) is 17.2 Å². The highest BCUT2D eigenvalue weighted by molar-refractivity contribution is 5.78. The second kappa shape index (κ2) is 12.8. The van der Waals surface area contributed by atoms with Crippen molar-refractivity contribution in [1.82, 2.24) is 9.78 Å². The van der Waals surface area contributed by atoms with Crippen molar-refractivity contribution in [2.24, 2.45) is 5.41 Å². The average molecular weight is 687 g/mol. The summed E-state index contributed by atoms with van der Waals surface area (Å²) in [6.07, 6.45) is 8.28. The van der Waals surface area contributed by atoms with Crippen LogP contribution >= 0.6 is 0 Å². The summed E-state index contributed by atoms with van der Waals surface area (Å²) >= 11 is 0. The van der Waals surface area contributed by atoms with Gasteiger partial charge in [-0.2, -0.15) is 5.10 Å². The van der Waals surface area contributed by atoms with Gasteiger partial charge in [0.2, 0.25) is 0 Å². The normalized spacial score (nSPS) is 14.7. The van der Waals surface area contributed by atoms with Crippen molar-refractivity contribution in [3.05, 3.63) is 148 Å². The Morgan fingerprint density at radius 3 is 1.98 bits per heavy atom. The van der Waals surface area contributed by atoms with Crippen LogP contribution in [0.4, 0.5) is 0 Å². The highest BCUT2D eigenvalue weighted by atomic mass is 16.5. The third kappa shape index (κ3) is 6.23. The fourth-order valence-electron chi connectivity index (χ4n) is 8.74. The molecule has 0 atom stereocenters. The Morgan fingerprint density at radius 1 is 0.673 bits per heavy atom. The first-order valence-electron chi connectivity index (χ1n) is 18.9. The van der Waals surface area contributed by atoms with Crippen LogP contribution in [0.2, 0.25) is 0 Å². The van der Waals surface area contributed by atoms with Crippen molar-refractivity contribution >= 4 is 0 Å². The number of aromatic hydroxyl groups is 1. The molecule has 5 aromatic carbocycles. The van der Waals surface area contributed by atoms with E-state index in [-0.39, 0.29) is 10.8 Å².